The van der Waals surface area contributed by atoms with Crippen molar-refractivity contribution in [3.63, 3.8) is 0 Å². The van der Waals surface area contributed by atoms with Gasteiger partial charge in [0.2, 0.25) is 0 Å². The summed E-state index contributed by atoms with van der Waals surface area (Å²) in [5.41, 5.74) is 4.72. The molecule has 2 rings (SSSR count). The summed E-state index contributed by atoms with van der Waals surface area (Å²) in [5.74, 6) is 0. The molecule has 0 fully saturated rings. The Morgan fingerprint density at radius 1 is 0.900 bits per heavy atom. The zero-order valence-electron chi connectivity index (χ0n) is 12.4. The molecule has 0 unspecified atom stereocenters. The van der Waals surface area contributed by atoms with Gasteiger partial charge in [-0.05, 0) is 18.6 Å². The number of nitrogens with zero attached hydrogens (tertiary/aromatic N) is 2. The van der Waals surface area contributed by atoms with Gasteiger partial charge in [0.25, 0.3) is 0 Å². The molecule has 2 nitrogen and oxygen atoms in total. The maximum absolute atomic E-state index is 4.46. The zero-order chi connectivity index (χ0) is 14.8. The van der Waals surface area contributed by atoms with Crippen LogP contribution in [0.3, 0.4) is 0 Å². The molecule has 0 amide bonds. The number of hydrogen-bond acceptors (Lipinski definition) is 2. The molecule has 110 valence electrons. The van der Waals surface area contributed by atoms with E-state index in [-0.39, 0.29) is 0 Å². The molecule has 1 heterocycles. The van der Waals surface area contributed by atoms with Crippen LogP contribution in [-0.2, 0) is 34.5 Å². The van der Waals surface area contributed by atoms with Crippen molar-refractivity contribution in [2.24, 2.45) is 4.03 Å². The van der Waals surface area contributed by atoms with E-state index in [0.29, 0.717) is 0 Å². The van der Waals surface area contributed by atoms with Crippen LogP contribution < -0.4 is 0 Å². The Labute approximate surface area is 129 Å². The van der Waals surface area contributed by atoms with Gasteiger partial charge in [0.05, 0.1) is 0 Å². The number of benzene rings is 1. The van der Waals surface area contributed by atoms with Crippen molar-refractivity contribution in [3.05, 3.63) is 59.4 Å². The maximum atomic E-state index is 4.46. The molecule has 0 aliphatic rings. The summed E-state index contributed by atoms with van der Waals surface area (Å²) in [7, 11) is 0. The first kappa shape index (κ1) is 16.7. The van der Waals surface area contributed by atoms with Crippen molar-refractivity contribution >= 4 is 5.69 Å². The molecule has 1 aromatic carbocycles. The molecule has 3 heteroatoms. The number of aryl methyl sites for hydroxylation is 3. The van der Waals surface area contributed by atoms with E-state index in [0.717, 1.165) is 30.6 Å². The van der Waals surface area contributed by atoms with Crippen LogP contribution in [0.15, 0.2) is 46.6 Å². The molecule has 0 saturated carbocycles. The molecule has 0 aliphatic heterocycles. The smallest absolute Gasteiger partial charge is 0.0400 e. The van der Waals surface area contributed by atoms with Crippen LogP contribution in [0.2, 0.25) is 0 Å². The summed E-state index contributed by atoms with van der Waals surface area (Å²) in [4.78, 5) is 4.10. The maximum Gasteiger partial charge on any atom is 0.0400 e. The van der Waals surface area contributed by atoms with Crippen LogP contribution in [0.25, 0.3) is 0 Å². The van der Waals surface area contributed by atoms with Gasteiger partial charge in [0.15, 0.2) is 0 Å². The van der Waals surface area contributed by atoms with E-state index < -0.39 is 0 Å². The van der Waals surface area contributed by atoms with Gasteiger partial charge in [-0.15, -0.1) is 0 Å². The van der Waals surface area contributed by atoms with Crippen molar-refractivity contribution < 1.29 is 15.3 Å². The average Bonchev–Trinajstić information content (AvgIpc) is 2.55. The normalized spacial score (nSPS) is 9.65. The van der Waals surface area contributed by atoms with Gasteiger partial charge in [-0.3, -0.25) is 4.98 Å². The quantitative estimate of drug-likeness (QED) is 0.743. The van der Waals surface area contributed by atoms with Gasteiger partial charge in [-0.2, -0.15) is 0 Å². The molecule has 0 N–H and O–H groups in total. The third-order valence-electron chi connectivity index (χ3n) is 3.12. The Kier molecular flexibility index (Phi) is 7.98. The van der Waals surface area contributed by atoms with Crippen LogP contribution in [-0.4, -0.2) is 4.98 Å². The fourth-order valence-electron chi connectivity index (χ4n) is 1.91. The monoisotopic (exact) mass is 312 g/mol. The molecule has 0 spiro atoms. The third kappa shape index (κ3) is 4.98. The Hall–Kier alpha value is -1.34. The van der Waals surface area contributed by atoms with Crippen molar-refractivity contribution in [2.45, 2.75) is 40.0 Å². The number of pyridine rings is 1. The second-order valence-electron chi connectivity index (χ2n) is 4.38. The molecule has 2 aromatic rings. The summed E-state index contributed by atoms with van der Waals surface area (Å²) >= 11 is 4.46. The molecule has 1 aromatic heterocycles. The Morgan fingerprint density at radius 3 is 1.90 bits per heavy atom. The van der Waals surface area contributed by atoms with Crippen LogP contribution in [0, 0.1) is 0 Å². The van der Waals surface area contributed by atoms with Gasteiger partial charge in [0, 0.05) is 11.9 Å². The zero-order valence-corrected chi connectivity index (χ0v) is 13.4. The largest absolute Gasteiger partial charge is 0.261 e. The van der Waals surface area contributed by atoms with Gasteiger partial charge in [-0.1, -0.05) is 13.0 Å². The van der Waals surface area contributed by atoms with Gasteiger partial charge >= 0.3 is 81.0 Å². The Balaban J connectivity index is 0.000000217. The second kappa shape index (κ2) is 9.55. The molecular weight excluding hydrogens is 291 g/mol. The summed E-state index contributed by atoms with van der Waals surface area (Å²) in [6.07, 6.45) is 4.87. The molecule has 0 radical (unpaired) electrons. The Bertz CT molecular complexity index is 502. The van der Waals surface area contributed by atoms with Crippen LogP contribution in [0.5, 0.6) is 0 Å². The van der Waals surface area contributed by atoms with E-state index in [1.807, 2.05) is 24.4 Å². The predicted molar refractivity (Wildman–Crippen MR) is 80.9 cm³/mol. The van der Waals surface area contributed by atoms with E-state index in [2.05, 4.69) is 63.3 Å². The van der Waals surface area contributed by atoms with Gasteiger partial charge in [0.1, 0.15) is 0 Å². The SMILES string of the molecule is CCc1cccc(CC)c1[N]=[Ni].CCc1ccccn1. The number of aromatic nitrogens is 1. The van der Waals surface area contributed by atoms with E-state index in [4.69, 9.17) is 0 Å². The van der Waals surface area contributed by atoms with Crippen molar-refractivity contribution in [1.82, 2.24) is 4.98 Å². The molecule has 20 heavy (non-hydrogen) atoms. The van der Waals surface area contributed by atoms with Crippen molar-refractivity contribution in [2.75, 3.05) is 0 Å². The fraction of sp³-hybridized carbons (Fsp3) is 0.353. The third-order valence-corrected chi connectivity index (χ3v) is 3.34. The van der Waals surface area contributed by atoms with Crippen LogP contribution in [0.1, 0.15) is 37.6 Å². The van der Waals surface area contributed by atoms with Gasteiger partial charge < -0.3 is 0 Å². The van der Waals surface area contributed by atoms with E-state index >= 15 is 0 Å². The van der Waals surface area contributed by atoms with Gasteiger partial charge in [-0.25, -0.2) is 0 Å². The van der Waals surface area contributed by atoms with Crippen molar-refractivity contribution in [1.29, 1.82) is 0 Å². The van der Waals surface area contributed by atoms with E-state index in [1.54, 1.807) is 0 Å². The number of hydrogen-bond donors (Lipinski definition) is 0. The molecule has 0 aliphatic carbocycles. The minimum Gasteiger partial charge on any atom is -0.261 e. The first-order valence-electron chi connectivity index (χ1n) is 7.06. The van der Waals surface area contributed by atoms with Crippen LogP contribution >= 0.6 is 0 Å². The summed E-state index contributed by atoms with van der Waals surface area (Å²) in [5, 5.41) is 0. The minimum absolute atomic E-state index is 1.01. The second-order valence-corrected chi connectivity index (χ2v) is 4.60. The minimum atomic E-state index is 1.01. The van der Waals surface area contributed by atoms with E-state index in [9.17, 15) is 0 Å². The molecule has 0 saturated heterocycles. The van der Waals surface area contributed by atoms with Crippen molar-refractivity contribution in [3.8, 4) is 0 Å². The first-order valence-corrected chi connectivity index (χ1v) is 7.50. The number of rotatable bonds is 4. The summed E-state index contributed by atoms with van der Waals surface area (Å²) in [6, 6.07) is 12.2. The fourth-order valence-corrected chi connectivity index (χ4v) is 2.20. The molecule has 0 bridgehead atoms. The predicted octanol–water partition coefficient (Wildman–Crippen LogP) is 4.82. The summed E-state index contributed by atoms with van der Waals surface area (Å²) < 4.78 is 3.94. The van der Waals surface area contributed by atoms with E-state index in [1.165, 1.54) is 11.1 Å². The molecule has 0 atom stereocenters. The molecular formula is C17H22N2Ni. The topological polar surface area (TPSA) is 25.2 Å². The average molecular weight is 313 g/mol. The summed E-state index contributed by atoms with van der Waals surface area (Å²) in [6.45, 7) is 6.36. The standard InChI is InChI=1S/C10H13N.C7H9N.Ni/c1-3-8-6-5-7-9(4-2)10(8)11;1-2-7-5-3-4-6-8-7;/h5-7H,3-4H2,1-2H3;3-6H,2H2,1H3;. The Morgan fingerprint density at radius 2 is 1.55 bits per heavy atom. The first-order chi connectivity index (χ1) is 9.76. The van der Waals surface area contributed by atoms with Crippen LogP contribution in [0.4, 0.5) is 5.69 Å².